The molecule has 1 aromatic carbocycles. The van der Waals surface area contributed by atoms with Crippen molar-refractivity contribution in [2.45, 2.75) is 51.9 Å². The topological polar surface area (TPSA) is 46.3 Å². The van der Waals surface area contributed by atoms with Crippen LogP contribution in [0.3, 0.4) is 0 Å². The van der Waals surface area contributed by atoms with Crippen LogP contribution in [0.15, 0.2) is 24.3 Å². The minimum Gasteiger partial charge on any atom is -0.330 e. The van der Waals surface area contributed by atoms with Crippen molar-refractivity contribution < 1.29 is 4.79 Å². The monoisotopic (exact) mass is 276 g/mol. The lowest BCUT2D eigenvalue weighted by atomic mass is 10.0. The Bertz CT molecular complexity index is 398. The van der Waals surface area contributed by atoms with Crippen LogP contribution in [0.25, 0.3) is 0 Å². The molecule has 0 unspecified atom stereocenters. The first kappa shape index (κ1) is 16.7. The molecule has 2 N–H and O–H groups in total. The molecule has 112 valence electrons. The fourth-order valence-corrected chi connectivity index (χ4v) is 2.17. The predicted octanol–water partition coefficient (Wildman–Crippen LogP) is 3.68. The lowest BCUT2D eigenvalue weighted by Crippen LogP contribution is -2.25. The van der Waals surface area contributed by atoms with Crippen molar-refractivity contribution in [3.63, 3.8) is 0 Å². The summed E-state index contributed by atoms with van der Waals surface area (Å²) >= 11 is 0. The van der Waals surface area contributed by atoms with Crippen molar-refractivity contribution in [2.24, 2.45) is 5.73 Å². The van der Waals surface area contributed by atoms with E-state index in [-0.39, 0.29) is 5.91 Å². The molecule has 0 saturated heterocycles. The van der Waals surface area contributed by atoms with Crippen LogP contribution in [-0.2, 0) is 4.79 Å². The van der Waals surface area contributed by atoms with E-state index < -0.39 is 0 Å². The molecular weight excluding hydrogens is 248 g/mol. The number of hydrogen-bond acceptors (Lipinski definition) is 2. The Morgan fingerprint density at radius 1 is 1.10 bits per heavy atom. The second-order valence-electron chi connectivity index (χ2n) is 5.65. The summed E-state index contributed by atoms with van der Waals surface area (Å²) in [6.07, 6.45) is 4.83. The zero-order chi connectivity index (χ0) is 15.0. The highest BCUT2D eigenvalue weighted by Gasteiger charge is 2.10. The summed E-state index contributed by atoms with van der Waals surface area (Å²) in [5, 5.41) is 0. The average Bonchev–Trinajstić information content (AvgIpc) is 2.46. The average molecular weight is 276 g/mol. The fourth-order valence-electron chi connectivity index (χ4n) is 2.17. The van der Waals surface area contributed by atoms with Gasteiger partial charge in [0.15, 0.2) is 0 Å². The third kappa shape index (κ3) is 5.33. The summed E-state index contributed by atoms with van der Waals surface area (Å²) in [4.78, 5) is 13.9. The molecule has 1 rings (SSSR count). The molecule has 3 nitrogen and oxygen atoms in total. The van der Waals surface area contributed by atoms with Crippen LogP contribution in [0.4, 0.5) is 5.69 Å². The number of anilines is 1. The maximum Gasteiger partial charge on any atom is 0.226 e. The Kier molecular flexibility index (Phi) is 7.31. The number of nitrogens with two attached hydrogens (primary N) is 1. The van der Waals surface area contributed by atoms with Crippen LogP contribution in [-0.4, -0.2) is 19.5 Å². The minimum absolute atomic E-state index is 0.190. The maximum absolute atomic E-state index is 12.1. The Hall–Kier alpha value is -1.35. The lowest BCUT2D eigenvalue weighted by Gasteiger charge is -2.18. The van der Waals surface area contributed by atoms with E-state index in [1.54, 1.807) is 4.90 Å². The number of unbranched alkanes of at least 4 members (excludes halogenated alkanes) is 3. The van der Waals surface area contributed by atoms with Crippen LogP contribution >= 0.6 is 0 Å². The minimum atomic E-state index is 0.190. The van der Waals surface area contributed by atoms with E-state index in [1.807, 2.05) is 19.2 Å². The van der Waals surface area contributed by atoms with Gasteiger partial charge >= 0.3 is 0 Å². The molecule has 0 radical (unpaired) electrons. The Labute approximate surface area is 123 Å². The number of nitrogens with zero attached hydrogens (tertiary/aromatic N) is 1. The highest BCUT2D eigenvalue weighted by Crippen LogP contribution is 2.20. The van der Waals surface area contributed by atoms with Gasteiger partial charge in [-0.1, -0.05) is 38.8 Å². The lowest BCUT2D eigenvalue weighted by molar-refractivity contribution is -0.118. The molecule has 1 aromatic rings. The first-order chi connectivity index (χ1) is 9.56. The molecule has 0 heterocycles. The summed E-state index contributed by atoms with van der Waals surface area (Å²) in [6.45, 7) is 5.09. The van der Waals surface area contributed by atoms with E-state index in [2.05, 4.69) is 26.0 Å². The van der Waals surface area contributed by atoms with Gasteiger partial charge in [0.1, 0.15) is 0 Å². The number of hydrogen-bond donors (Lipinski definition) is 1. The van der Waals surface area contributed by atoms with Crippen molar-refractivity contribution in [2.75, 3.05) is 18.5 Å². The van der Waals surface area contributed by atoms with Gasteiger partial charge in [0.2, 0.25) is 5.91 Å². The van der Waals surface area contributed by atoms with Crippen molar-refractivity contribution >= 4 is 11.6 Å². The fraction of sp³-hybridized carbons (Fsp3) is 0.588. The molecule has 0 aromatic heterocycles. The number of carbonyl (C=O) groups excluding carboxylic acids is 1. The van der Waals surface area contributed by atoms with Gasteiger partial charge in [-0.3, -0.25) is 4.79 Å². The second kappa shape index (κ2) is 8.75. The van der Waals surface area contributed by atoms with E-state index in [0.29, 0.717) is 12.3 Å². The maximum atomic E-state index is 12.1. The molecule has 0 bridgehead atoms. The van der Waals surface area contributed by atoms with Gasteiger partial charge in [0.05, 0.1) is 0 Å². The summed E-state index contributed by atoms with van der Waals surface area (Å²) < 4.78 is 0. The largest absolute Gasteiger partial charge is 0.330 e. The van der Waals surface area contributed by atoms with Gasteiger partial charge < -0.3 is 10.6 Å². The van der Waals surface area contributed by atoms with Crippen LogP contribution < -0.4 is 10.6 Å². The highest BCUT2D eigenvalue weighted by molar-refractivity contribution is 5.92. The van der Waals surface area contributed by atoms with Gasteiger partial charge in [0, 0.05) is 19.2 Å². The second-order valence-corrected chi connectivity index (χ2v) is 5.65. The summed E-state index contributed by atoms with van der Waals surface area (Å²) in [5.74, 6) is 0.711. The van der Waals surface area contributed by atoms with Gasteiger partial charge in [-0.15, -0.1) is 0 Å². The molecule has 20 heavy (non-hydrogen) atoms. The third-order valence-corrected chi connectivity index (χ3v) is 3.67. The standard InChI is InChI=1S/C17H28N2O/c1-14(2)15-9-11-16(12-10-15)19(3)17(20)8-6-4-5-7-13-18/h9-12,14H,4-8,13,18H2,1-3H3. The van der Waals surface area contributed by atoms with E-state index in [4.69, 9.17) is 5.73 Å². The Balaban J connectivity index is 2.43. The molecular formula is C17H28N2O. The predicted molar refractivity (Wildman–Crippen MR) is 86.1 cm³/mol. The zero-order valence-electron chi connectivity index (χ0n) is 13.1. The third-order valence-electron chi connectivity index (χ3n) is 3.67. The number of amides is 1. The van der Waals surface area contributed by atoms with Crippen LogP contribution in [0.5, 0.6) is 0 Å². The first-order valence-electron chi connectivity index (χ1n) is 7.63. The molecule has 3 heteroatoms. The molecule has 0 spiro atoms. The summed E-state index contributed by atoms with van der Waals surface area (Å²) in [5.41, 5.74) is 7.73. The van der Waals surface area contributed by atoms with E-state index in [9.17, 15) is 4.79 Å². The smallest absolute Gasteiger partial charge is 0.226 e. The van der Waals surface area contributed by atoms with E-state index in [0.717, 1.165) is 37.9 Å². The van der Waals surface area contributed by atoms with Gasteiger partial charge in [0.25, 0.3) is 0 Å². The molecule has 0 aliphatic rings. The van der Waals surface area contributed by atoms with Crippen molar-refractivity contribution in [3.8, 4) is 0 Å². The van der Waals surface area contributed by atoms with Gasteiger partial charge in [-0.2, -0.15) is 0 Å². The molecule has 0 saturated carbocycles. The number of carbonyl (C=O) groups is 1. The van der Waals surface area contributed by atoms with E-state index in [1.165, 1.54) is 5.56 Å². The van der Waals surface area contributed by atoms with E-state index >= 15 is 0 Å². The SMILES string of the molecule is CC(C)c1ccc(N(C)C(=O)CCCCCCN)cc1. The molecule has 0 atom stereocenters. The van der Waals surface area contributed by atoms with Crippen molar-refractivity contribution in [3.05, 3.63) is 29.8 Å². The Morgan fingerprint density at radius 3 is 2.25 bits per heavy atom. The van der Waals surface area contributed by atoms with Crippen molar-refractivity contribution in [1.29, 1.82) is 0 Å². The summed E-state index contributed by atoms with van der Waals surface area (Å²) in [6, 6.07) is 8.26. The van der Waals surface area contributed by atoms with Gasteiger partial charge in [-0.05, 0) is 43.0 Å². The first-order valence-corrected chi connectivity index (χ1v) is 7.63. The molecule has 0 fully saturated rings. The molecule has 0 aliphatic carbocycles. The number of rotatable bonds is 8. The van der Waals surface area contributed by atoms with Crippen LogP contribution in [0.2, 0.25) is 0 Å². The van der Waals surface area contributed by atoms with Crippen LogP contribution in [0, 0.1) is 0 Å². The van der Waals surface area contributed by atoms with Gasteiger partial charge in [-0.25, -0.2) is 0 Å². The quantitative estimate of drug-likeness (QED) is 0.736. The summed E-state index contributed by atoms with van der Waals surface area (Å²) in [7, 11) is 1.85. The van der Waals surface area contributed by atoms with Crippen LogP contribution in [0.1, 0.15) is 57.4 Å². The Morgan fingerprint density at radius 2 is 1.70 bits per heavy atom. The molecule has 0 aliphatic heterocycles. The zero-order valence-corrected chi connectivity index (χ0v) is 13.1. The highest BCUT2D eigenvalue weighted by atomic mass is 16.2. The normalized spacial score (nSPS) is 10.8. The number of benzene rings is 1. The van der Waals surface area contributed by atoms with Crippen molar-refractivity contribution in [1.82, 2.24) is 0 Å². The molecule has 1 amide bonds.